The third-order valence-electron chi connectivity index (χ3n) is 3.99. The summed E-state index contributed by atoms with van der Waals surface area (Å²) < 4.78 is 5.26. The van der Waals surface area contributed by atoms with Gasteiger partial charge in [-0.2, -0.15) is 0 Å². The summed E-state index contributed by atoms with van der Waals surface area (Å²) >= 11 is 0. The predicted molar refractivity (Wildman–Crippen MR) is 70.3 cm³/mol. The summed E-state index contributed by atoms with van der Waals surface area (Å²) in [6.07, 6.45) is 2.32. The van der Waals surface area contributed by atoms with Gasteiger partial charge in [-0.3, -0.25) is 0 Å². The van der Waals surface area contributed by atoms with Crippen LogP contribution >= 0.6 is 0 Å². The standard InChI is InChI=1S/C14H20BO2/c1-13(2)8-9-14(3,4)12-10(13)6-5-7-11(12)17-15-16/h5-7,16H,8-9H2,1-4H3. The summed E-state index contributed by atoms with van der Waals surface area (Å²) in [6.45, 7) is 9.03. The lowest BCUT2D eigenvalue weighted by molar-refractivity contribution is 0.322. The minimum absolute atomic E-state index is 0.102. The van der Waals surface area contributed by atoms with Gasteiger partial charge in [0.05, 0.1) is 0 Å². The summed E-state index contributed by atoms with van der Waals surface area (Å²) in [5.41, 5.74) is 2.86. The van der Waals surface area contributed by atoms with E-state index in [1.165, 1.54) is 17.5 Å². The Labute approximate surface area is 104 Å². The fourth-order valence-electron chi connectivity index (χ4n) is 2.83. The van der Waals surface area contributed by atoms with E-state index < -0.39 is 0 Å². The predicted octanol–water partition coefficient (Wildman–Crippen LogP) is 2.94. The molecule has 1 radical (unpaired) electrons. The van der Waals surface area contributed by atoms with E-state index in [1.54, 1.807) is 0 Å². The first-order chi connectivity index (χ1) is 7.88. The van der Waals surface area contributed by atoms with E-state index in [0.29, 0.717) is 0 Å². The van der Waals surface area contributed by atoms with E-state index in [9.17, 15) is 0 Å². The Morgan fingerprint density at radius 3 is 2.41 bits per heavy atom. The second-order valence-corrected chi connectivity index (χ2v) is 6.17. The Hall–Kier alpha value is -0.955. The topological polar surface area (TPSA) is 29.5 Å². The molecule has 0 heterocycles. The van der Waals surface area contributed by atoms with Gasteiger partial charge in [-0.15, -0.1) is 0 Å². The summed E-state index contributed by atoms with van der Waals surface area (Å²) in [5, 5.41) is 8.87. The zero-order chi connectivity index (χ0) is 12.7. The molecule has 3 heteroatoms. The molecule has 91 valence electrons. The number of hydrogen-bond acceptors (Lipinski definition) is 2. The second kappa shape index (κ2) is 4.06. The first-order valence-corrected chi connectivity index (χ1v) is 6.15. The quantitative estimate of drug-likeness (QED) is 0.793. The van der Waals surface area contributed by atoms with Crippen molar-refractivity contribution in [2.45, 2.75) is 51.4 Å². The van der Waals surface area contributed by atoms with Crippen LogP contribution in [0.3, 0.4) is 0 Å². The third-order valence-corrected chi connectivity index (χ3v) is 3.99. The fourth-order valence-corrected chi connectivity index (χ4v) is 2.83. The number of fused-ring (bicyclic) bond motifs is 1. The molecule has 0 saturated heterocycles. The van der Waals surface area contributed by atoms with Crippen molar-refractivity contribution in [3.63, 3.8) is 0 Å². The number of rotatable bonds is 2. The number of benzene rings is 1. The zero-order valence-electron chi connectivity index (χ0n) is 11.1. The van der Waals surface area contributed by atoms with Gasteiger partial charge in [-0.1, -0.05) is 39.8 Å². The van der Waals surface area contributed by atoms with Crippen LogP contribution in [0.15, 0.2) is 18.2 Å². The van der Waals surface area contributed by atoms with Crippen LogP contribution in [0, 0.1) is 0 Å². The lowest BCUT2D eigenvalue weighted by Gasteiger charge is -2.42. The molecule has 0 amide bonds. The van der Waals surface area contributed by atoms with Gasteiger partial charge < -0.3 is 9.68 Å². The van der Waals surface area contributed by atoms with Crippen LogP contribution in [-0.4, -0.2) is 12.7 Å². The molecular formula is C14H20BO2. The van der Waals surface area contributed by atoms with Crippen molar-refractivity contribution in [1.82, 2.24) is 0 Å². The molecule has 0 fully saturated rings. The molecule has 1 N–H and O–H groups in total. The number of hydrogen-bond donors (Lipinski definition) is 1. The van der Waals surface area contributed by atoms with Crippen molar-refractivity contribution in [2.75, 3.05) is 0 Å². The molecule has 1 aliphatic rings. The van der Waals surface area contributed by atoms with Gasteiger partial charge in [0.15, 0.2) is 0 Å². The Morgan fingerprint density at radius 1 is 1.12 bits per heavy atom. The van der Waals surface area contributed by atoms with Crippen LogP contribution in [0.25, 0.3) is 0 Å². The molecular weight excluding hydrogens is 211 g/mol. The smallest absolute Gasteiger partial charge is 0.537 e. The summed E-state index contributed by atoms with van der Waals surface area (Å²) in [6, 6.07) is 6.11. The van der Waals surface area contributed by atoms with Gasteiger partial charge in [0, 0.05) is 5.56 Å². The van der Waals surface area contributed by atoms with Gasteiger partial charge in [-0.25, -0.2) is 0 Å². The fraction of sp³-hybridized carbons (Fsp3) is 0.571. The minimum atomic E-state index is 0.102. The lowest BCUT2D eigenvalue weighted by Crippen LogP contribution is -2.34. The minimum Gasteiger partial charge on any atom is -0.537 e. The summed E-state index contributed by atoms with van der Waals surface area (Å²) in [4.78, 5) is 0. The SMILES string of the molecule is CC1(C)CCC(C)(C)c2c(O[B]O)cccc21. The van der Waals surface area contributed by atoms with Gasteiger partial charge in [0.2, 0.25) is 0 Å². The van der Waals surface area contributed by atoms with Crippen molar-refractivity contribution >= 4 is 7.69 Å². The molecule has 0 aromatic heterocycles. The van der Waals surface area contributed by atoms with Gasteiger partial charge in [0.1, 0.15) is 5.75 Å². The largest absolute Gasteiger partial charge is 0.569 e. The van der Waals surface area contributed by atoms with Gasteiger partial charge in [0.25, 0.3) is 0 Å². The monoisotopic (exact) mass is 231 g/mol. The van der Waals surface area contributed by atoms with Gasteiger partial charge in [-0.05, 0) is 35.3 Å². The van der Waals surface area contributed by atoms with E-state index >= 15 is 0 Å². The molecule has 0 spiro atoms. The highest BCUT2D eigenvalue weighted by Gasteiger charge is 2.38. The molecule has 0 bridgehead atoms. The highest BCUT2D eigenvalue weighted by Crippen LogP contribution is 2.49. The molecule has 0 saturated carbocycles. The van der Waals surface area contributed by atoms with E-state index in [2.05, 4.69) is 33.8 Å². The molecule has 1 aromatic rings. The molecule has 0 aliphatic heterocycles. The lowest BCUT2D eigenvalue weighted by atomic mass is 9.63. The first kappa shape index (κ1) is 12.5. The Kier molecular flexibility index (Phi) is 2.98. The maximum atomic E-state index is 8.87. The molecule has 1 aromatic carbocycles. The first-order valence-electron chi connectivity index (χ1n) is 6.15. The van der Waals surface area contributed by atoms with E-state index in [4.69, 9.17) is 9.68 Å². The molecule has 2 nitrogen and oxygen atoms in total. The van der Waals surface area contributed by atoms with Crippen LogP contribution in [0.1, 0.15) is 51.7 Å². The highest BCUT2D eigenvalue weighted by molar-refractivity contribution is 6.17. The van der Waals surface area contributed by atoms with Crippen LogP contribution in [0.4, 0.5) is 0 Å². The normalized spacial score (nSPS) is 20.5. The summed E-state index contributed by atoms with van der Waals surface area (Å²) in [7, 11) is 0.771. The Morgan fingerprint density at radius 2 is 1.76 bits per heavy atom. The van der Waals surface area contributed by atoms with E-state index in [1.807, 2.05) is 12.1 Å². The van der Waals surface area contributed by atoms with Crippen molar-refractivity contribution in [2.24, 2.45) is 0 Å². The molecule has 0 atom stereocenters. The molecule has 2 rings (SSSR count). The second-order valence-electron chi connectivity index (χ2n) is 6.17. The van der Waals surface area contributed by atoms with Crippen LogP contribution in [0.2, 0.25) is 0 Å². The van der Waals surface area contributed by atoms with Gasteiger partial charge >= 0.3 is 7.69 Å². The van der Waals surface area contributed by atoms with Crippen molar-refractivity contribution in [3.05, 3.63) is 29.3 Å². The highest BCUT2D eigenvalue weighted by atomic mass is 16.5. The molecule has 0 unspecified atom stereocenters. The maximum Gasteiger partial charge on any atom is 0.569 e. The van der Waals surface area contributed by atoms with E-state index in [0.717, 1.165) is 19.9 Å². The third kappa shape index (κ3) is 2.08. The zero-order valence-corrected chi connectivity index (χ0v) is 11.1. The Bertz CT molecular complexity index is 424. The van der Waals surface area contributed by atoms with Crippen LogP contribution in [-0.2, 0) is 10.8 Å². The van der Waals surface area contributed by atoms with Crippen molar-refractivity contribution in [3.8, 4) is 5.75 Å². The van der Waals surface area contributed by atoms with Crippen molar-refractivity contribution < 1.29 is 9.68 Å². The maximum absolute atomic E-state index is 8.87. The molecule has 17 heavy (non-hydrogen) atoms. The van der Waals surface area contributed by atoms with E-state index in [-0.39, 0.29) is 10.8 Å². The van der Waals surface area contributed by atoms with Crippen LogP contribution in [0.5, 0.6) is 5.75 Å². The molecule has 1 aliphatic carbocycles. The van der Waals surface area contributed by atoms with Crippen LogP contribution < -0.4 is 4.65 Å². The average molecular weight is 231 g/mol. The Balaban J connectivity index is 2.62. The average Bonchev–Trinajstić information content (AvgIpc) is 2.25. The van der Waals surface area contributed by atoms with Crippen molar-refractivity contribution in [1.29, 1.82) is 0 Å². The summed E-state index contributed by atoms with van der Waals surface area (Å²) in [5.74, 6) is 0.780.